The molecule has 1 N–H and O–H groups in total. The molecule has 0 atom stereocenters. The predicted molar refractivity (Wildman–Crippen MR) is 47.1 cm³/mol. The molecule has 0 heterocycles. The van der Waals surface area contributed by atoms with Gasteiger partial charge in [0, 0.05) is 6.61 Å². The Balaban J connectivity index is 3.70. The first kappa shape index (κ1) is 11.7. The quantitative estimate of drug-likeness (QED) is 0.383. The van der Waals surface area contributed by atoms with Gasteiger partial charge < -0.3 is 9.84 Å². The molecule has 0 spiro atoms. The zero-order chi connectivity index (χ0) is 10.1. The van der Waals surface area contributed by atoms with Crippen LogP contribution in [-0.4, -0.2) is 24.3 Å². The minimum atomic E-state index is -1.21. The Hall–Kier alpha value is -1.34. The molecular formula is C9H13NO3. The highest BCUT2D eigenvalue weighted by atomic mass is 16.5. The number of nitriles is 1. The van der Waals surface area contributed by atoms with E-state index >= 15 is 0 Å². The van der Waals surface area contributed by atoms with Crippen LogP contribution in [0.15, 0.2) is 11.6 Å². The van der Waals surface area contributed by atoms with Crippen molar-refractivity contribution in [3.05, 3.63) is 11.6 Å². The van der Waals surface area contributed by atoms with Crippen LogP contribution in [0.25, 0.3) is 0 Å². The number of aliphatic carboxylic acids is 1. The smallest absolute Gasteiger partial charge is 0.346 e. The third kappa shape index (κ3) is 5.88. The van der Waals surface area contributed by atoms with Crippen LogP contribution in [0.4, 0.5) is 0 Å². The van der Waals surface area contributed by atoms with Gasteiger partial charge in [-0.3, -0.25) is 0 Å². The molecule has 0 aliphatic rings. The number of rotatable bonds is 6. The van der Waals surface area contributed by atoms with Crippen LogP contribution in [0.1, 0.15) is 19.8 Å². The van der Waals surface area contributed by atoms with Crippen molar-refractivity contribution in [3.63, 3.8) is 0 Å². The van der Waals surface area contributed by atoms with E-state index in [-0.39, 0.29) is 12.2 Å². The summed E-state index contributed by atoms with van der Waals surface area (Å²) in [5.41, 5.74) is -0.267. The monoisotopic (exact) mass is 183 g/mol. The van der Waals surface area contributed by atoms with Crippen molar-refractivity contribution < 1.29 is 14.6 Å². The Kier molecular flexibility index (Phi) is 6.56. The van der Waals surface area contributed by atoms with Crippen LogP contribution in [0.2, 0.25) is 0 Å². The first-order chi connectivity index (χ1) is 6.22. The van der Waals surface area contributed by atoms with Crippen molar-refractivity contribution >= 4 is 5.97 Å². The van der Waals surface area contributed by atoms with Gasteiger partial charge in [-0.25, -0.2) is 4.79 Å². The van der Waals surface area contributed by atoms with Gasteiger partial charge in [-0.2, -0.15) is 5.26 Å². The first-order valence-corrected chi connectivity index (χ1v) is 4.13. The molecule has 72 valence electrons. The van der Waals surface area contributed by atoms with Crippen LogP contribution in [0.5, 0.6) is 0 Å². The molecule has 0 saturated carbocycles. The zero-order valence-corrected chi connectivity index (χ0v) is 7.62. The summed E-state index contributed by atoms with van der Waals surface area (Å²) in [5.74, 6) is -1.21. The van der Waals surface area contributed by atoms with Gasteiger partial charge in [-0.1, -0.05) is 13.3 Å². The van der Waals surface area contributed by atoms with E-state index in [0.29, 0.717) is 6.61 Å². The Labute approximate surface area is 77.4 Å². The lowest BCUT2D eigenvalue weighted by Gasteiger charge is -1.97. The van der Waals surface area contributed by atoms with Crippen LogP contribution >= 0.6 is 0 Å². The largest absolute Gasteiger partial charge is 0.477 e. The van der Waals surface area contributed by atoms with E-state index in [4.69, 9.17) is 15.1 Å². The maximum absolute atomic E-state index is 10.3. The number of carbonyl (C=O) groups is 1. The fraction of sp³-hybridized carbons (Fsp3) is 0.556. The number of hydrogen-bond acceptors (Lipinski definition) is 3. The maximum atomic E-state index is 10.3. The summed E-state index contributed by atoms with van der Waals surface area (Å²) >= 11 is 0. The summed E-state index contributed by atoms with van der Waals surface area (Å²) in [6, 6.07) is 1.57. The molecule has 4 nitrogen and oxygen atoms in total. The number of unbranched alkanes of at least 4 members (excludes halogenated alkanes) is 1. The average molecular weight is 183 g/mol. The molecule has 13 heavy (non-hydrogen) atoms. The molecule has 0 radical (unpaired) electrons. The SMILES string of the molecule is CCCCOCC=C(C#N)C(=O)O. The molecule has 0 fully saturated rings. The molecule has 0 aromatic carbocycles. The Bertz CT molecular complexity index is 228. The molecule has 0 aliphatic heterocycles. The van der Waals surface area contributed by atoms with Crippen LogP contribution < -0.4 is 0 Å². The summed E-state index contributed by atoms with van der Waals surface area (Å²) in [7, 11) is 0. The highest BCUT2D eigenvalue weighted by Crippen LogP contribution is 1.93. The number of nitrogens with zero attached hydrogens (tertiary/aromatic N) is 1. The topological polar surface area (TPSA) is 70.3 Å². The third-order valence-electron chi connectivity index (χ3n) is 1.40. The van der Waals surface area contributed by atoms with Crippen molar-refractivity contribution in [1.82, 2.24) is 0 Å². The summed E-state index contributed by atoms with van der Waals surface area (Å²) in [4.78, 5) is 10.3. The van der Waals surface area contributed by atoms with Crippen LogP contribution in [0.3, 0.4) is 0 Å². The molecule has 0 saturated heterocycles. The van der Waals surface area contributed by atoms with Crippen molar-refractivity contribution in [2.45, 2.75) is 19.8 Å². The summed E-state index contributed by atoms with van der Waals surface area (Å²) in [6.07, 6.45) is 3.26. The van der Waals surface area contributed by atoms with Crippen molar-refractivity contribution in [2.24, 2.45) is 0 Å². The van der Waals surface area contributed by atoms with Gasteiger partial charge in [-0.15, -0.1) is 0 Å². The molecular weight excluding hydrogens is 170 g/mol. The fourth-order valence-electron chi connectivity index (χ4n) is 0.653. The van der Waals surface area contributed by atoms with Crippen LogP contribution in [0, 0.1) is 11.3 Å². The van der Waals surface area contributed by atoms with Gasteiger partial charge >= 0.3 is 5.97 Å². The molecule has 0 amide bonds. The van der Waals surface area contributed by atoms with Gasteiger partial charge in [0.2, 0.25) is 0 Å². The second-order valence-electron chi connectivity index (χ2n) is 2.46. The summed E-state index contributed by atoms with van der Waals surface area (Å²) in [6.45, 7) is 2.83. The normalized spacial score (nSPS) is 10.9. The van der Waals surface area contributed by atoms with E-state index < -0.39 is 5.97 Å². The van der Waals surface area contributed by atoms with Gasteiger partial charge in [0.25, 0.3) is 0 Å². The second-order valence-corrected chi connectivity index (χ2v) is 2.46. The van der Waals surface area contributed by atoms with Gasteiger partial charge in [0.05, 0.1) is 6.61 Å². The molecule has 0 bridgehead atoms. The van der Waals surface area contributed by atoms with Gasteiger partial charge in [0.15, 0.2) is 0 Å². The minimum Gasteiger partial charge on any atom is -0.477 e. The Morgan fingerprint density at radius 2 is 2.38 bits per heavy atom. The average Bonchev–Trinajstić information content (AvgIpc) is 2.10. The molecule has 0 aromatic heterocycles. The van der Waals surface area contributed by atoms with E-state index in [0.717, 1.165) is 12.8 Å². The predicted octanol–water partition coefficient (Wildman–Crippen LogP) is 1.34. The Morgan fingerprint density at radius 1 is 1.69 bits per heavy atom. The molecule has 0 aliphatic carbocycles. The summed E-state index contributed by atoms with van der Waals surface area (Å²) < 4.78 is 5.07. The fourth-order valence-corrected chi connectivity index (χ4v) is 0.653. The first-order valence-electron chi connectivity index (χ1n) is 4.13. The maximum Gasteiger partial charge on any atom is 0.346 e. The van der Waals surface area contributed by atoms with Crippen molar-refractivity contribution in [2.75, 3.05) is 13.2 Å². The van der Waals surface area contributed by atoms with E-state index in [9.17, 15) is 4.79 Å². The van der Waals surface area contributed by atoms with Crippen molar-refractivity contribution in [1.29, 1.82) is 5.26 Å². The zero-order valence-electron chi connectivity index (χ0n) is 7.62. The lowest BCUT2D eigenvalue weighted by atomic mass is 10.3. The number of carboxylic acid groups (broad SMARTS) is 1. The van der Waals surface area contributed by atoms with E-state index in [1.165, 1.54) is 6.08 Å². The number of ether oxygens (including phenoxy) is 1. The molecule has 0 rings (SSSR count). The van der Waals surface area contributed by atoms with Crippen LogP contribution in [-0.2, 0) is 9.53 Å². The van der Waals surface area contributed by atoms with E-state index in [2.05, 4.69) is 0 Å². The van der Waals surface area contributed by atoms with Crippen molar-refractivity contribution in [3.8, 4) is 6.07 Å². The summed E-state index contributed by atoms with van der Waals surface area (Å²) in [5, 5.41) is 16.8. The third-order valence-corrected chi connectivity index (χ3v) is 1.40. The molecule has 4 heteroatoms. The number of hydrogen-bond donors (Lipinski definition) is 1. The Morgan fingerprint density at radius 3 is 2.85 bits per heavy atom. The van der Waals surface area contributed by atoms with Gasteiger partial charge in [-0.05, 0) is 12.5 Å². The second kappa shape index (κ2) is 7.32. The minimum absolute atomic E-state index is 0.190. The lowest BCUT2D eigenvalue weighted by molar-refractivity contribution is -0.132. The number of carboxylic acids is 1. The lowest BCUT2D eigenvalue weighted by Crippen LogP contribution is -2.01. The molecule has 0 aromatic rings. The highest BCUT2D eigenvalue weighted by Gasteiger charge is 2.03. The van der Waals surface area contributed by atoms with Gasteiger partial charge in [0.1, 0.15) is 11.6 Å². The van der Waals surface area contributed by atoms with E-state index in [1.807, 2.05) is 6.92 Å². The molecule has 0 unspecified atom stereocenters. The highest BCUT2D eigenvalue weighted by molar-refractivity contribution is 5.90. The standard InChI is InChI=1S/C9H13NO3/c1-2-3-5-13-6-4-8(7-10)9(11)12/h4H,2-3,5-6H2,1H3,(H,11,12). The van der Waals surface area contributed by atoms with E-state index in [1.54, 1.807) is 6.07 Å².